The first-order valence-corrected chi connectivity index (χ1v) is 7.64. The molecule has 0 aromatic heterocycles. The summed E-state index contributed by atoms with van der Waals surface area (Å²) in [6, 6.07) is 0. The van der Waals surface area contributed by atoms with E-state index in [1.807, 2.05) is 0 Å². The van der Waals surface area contributed by atoms with Crippen LogP contribution >= 0.6 is 0 Å². The van der Waals surface area contributed by atoms with Crippen LogP contribution in [-0.2, 0) is 4.74 Å². The standard InChI is InChI=1S/C16H28O3/c1-14(2)8-12(19-4)16-7-10(17)13(18)15(3,9-16)6-5-11(14)16/h10-13,17-18H,5-9H2,1-4H3/t10-,11+,12+,13-,15-,16+/m1/s1. The van der Waals surface area contributed by atoms with Gasteiger partial charge in [0.2, 0.25) is 0 Å². The van der Waals surface area contributed by atoms with Gasteiger partial charge in [-0.05, 0) is 48.9 Å². The number of aliphatic hydroxyl groups excluding tert-OH is 2. The van der Waals surface area contributed by atoms with Crippen molar-refractivity contribution >= 4 is 0 Å². The number of ether oxygens (including phenoxy) is 1. The van der Waals surface area contributed by atoms with Crippen LogP contribution in [0.25, 0.3) is 0 Å². The van der Waals surface area contributed by atoms with Gasteiger partial charge in [-0.25, -0.2) is 0 Å². The minimum atomic E-state index is -0.590. The maximum atomic E-state index is 10.4. The Balaban J connectivity index is 2.04. The summed E-state index contributed by atoms with van der Waals surface area (Å²) in [4.78, 5) is 0. The highest BCUT2D eigenvalue weighted by Crippen LogP contribution is 2.69. The molecular weight excluding hydrogens is 240 g/mol. The molecule has 6 atom stereocenters. The van der Waals surface area contributed by atoms with E-state index in [2.05, 4.69) is 20.8 Å². The van der Waals surface area contributed by atoms with E-state index in [9.17, 15) is 10.2 Å². The maximum Gasteiger partial charge on any atom is 0.0852 e. The van der Waals surface area contributed by atoms with Crippen molar-refractivity contribution in [2.45, 2.75) is 71.2 Å². The van der Waals surface area contributed by atoms with E-state index in [4.69, 9.17) is 4.74 Å². The number of hydrogen-bond donors (Lipinski definition) is 2. The lowest BCUT2D eigenvalue weighted by Crippen LogP contribution is -2.59. The van der Waals surface area contributed by atoms with Gasteiger partial charge in [-0.3, -0.25) is 0 Å². The lowest BCUT2D eigenvalue weighted by atomic mass is 9.48. The summed E-state index contributed by atoms with van der Waals surface area (Å²) in [5, 5.41) is 20.7. The molecule has 110 valence electrons. The Hall–Kier alpha value is -0.120. The van der Waals surface area contributed by atoms with Crippen LogP contribution in [0.4, 0.5) is 0 Å². The molecule has 3 nitrogen and oxygen atoms in total. The molecule has 0 amide bonds. The number of rotatable bonds is 1. The van der Waals surface area contributed by atoms with Crippen LogP contribution in [0.2, 0.25) is 0 Å². The monoisotopic (exact) mass is 268 g/mol. The van der Waals surface area contributed by atoms with Crippen molar-refractivity contribution in [3.63, 3.8) is 0 Å². The minimum Gasteiger partial charge on any atom is -0.390 e. The van der Waals surface area contributed by atoms with Gasteiger partial charge in [0.05, 0.1) is 18.3 Å². The van der Waals surface area contributed by atoms with Gasteiger partial charge in [0.15, 0.2) is 0 Å². The zero-order valence-electron chi connectivity index (χ0n) is 12.6. The smallest absolute Gasteiger partial charge is 0.0852 e. The molecule has 3 fully saturated rings. The predicted molar refractivity (Wildman–Crippen MR) is 73.7 cm³/mol. The third-order valence-electron chi connectivity index (χ3n) is 6.68. The summed E-state index contributed by atoms with van der Waals surface area (Å²) in [7, 11) is 1.81. The van der Waals surface area contributed by atoms with E-state index in [0.717, 1.165) is 25.7 Å². The molecule has 1 spiro atoms. The molecular formula is C16H28O3. The van der Waals surface area contributed by atoms with Crippen molar-refractivity contribution in [3.8, 4) is 0 Å². The third kappa shape index (κ3) is 1.68. The van der Waals surface area contributed by atoms with E-state index < -0.39 is 12.2 Å². The highest BCUT2D eigenvalue weighted by Gasteiger charge is 2.66. The van der Waals surface area contributed by atoms with Gasteiger partial charge in [0.25, 0.3) is 0 Å². The fourth-order valence-electron chi connectivity index (χ4n) is 5.94. The van der Waals surface area contributed by atoms with Crippen LogP contribution in [0.3, 0.4) is 0 Å². The molecule has 3 rings (SSSR count). The SMILES string of the molecule is CO[C@H]1CC(C)(C)[C@@H]2CC[C@]3(C)C[C@]12C[C@@H](O)[C@H]3O. The molecule has 0 saturated heterocycles. The van der Waals surface area contributed by atoms with Crippen molar-refractivity contribution < 1.29 is 14.9 Å². The first kappa shape index (κ1) is 13.8. The lowest BCUT2D eigenvalue weighted by Gasteiger charge is -2.59. The molecule has 2 N–H and O–H groups in total. The average Bonchev–Trinajstić information content (AvgIpc) is 2.53. The molecule has 0 aromatic rings. The Kier molecular flexibility index (Phi) is 2.88. The van der Waals surface area contributed by atoms with Gasteiger partial charge in [0.1, 0.15) is 0 Å². The van der Waals surface area contributed by atoms with E-state index in [-0.39, 0.29) is 22.3 Å². The molecule has 3 aliphatic rings. The second-order valence-corrected chi connectivity index (χ2v) is 8.29. The van der Waals surface area contributed by atoms with Gasteiger partial charge in [0, 0.05) is 12.5 Å². The van der Waals surface area contributed by atoms with Crippen molar-refractivity contribution in [2.24, 2.45) is 22.2 Å². The zero-order valence-corrected chi connectivity index (χ0v) is 12.6. The second kappa shape index (κ2) is 3.96. The van der Waals surface area contributed by atoms with Crippen LogP contribution in [-0.4, -0.2) is 35.6 Å². The Morgan fingerprint density at radius 3 is 2.42 bits per heavy atom. The lowest BCUT2D eigenvalue weighted by molar-refractivity contribution is -0.196. The van der Waals surface area contributed by atoms with Gasteiger partial charge >= 0.3 is 0 Å². The van der Waals surface area contributed by atoms with E-state index >= 15 is 0 Å². The first-order chi connectivity index (χ1) is 8.75. The summed E-state index contributed by atoms with van der Waals surface area (Å²) in [5.41, 5.74) is 0.222. The Morgan fingerprint density at radius 2 is 1.79 bits per heavy atom. The van der Waals surface area contributed by atoms with Crippen LogP contribution in [0, 0.1) is 22.2 Å². The number of methoxy groups -OCH3 is 1. The summed E-state index contributed by atoms with van der Waals surface area (Å²) in [6.45, 7) is 6.84. The van der Waals surface area contributed by atoms with E-state index in [1.54, 1.807) is 7.11 Å². The Morgan fingerprint density at radius 1 is 1.11 bits per heavy atom. The van der Waals surface area contributed by atoms with Crippen molar-refractivity contribution in [2.75, 3.05) is 7.11 Å². The Bertz CT molecular complexity index is 380. The molecule has 3 heteroatoms. The van der Waals surface area contributed by atoms with Gasteiger partial charge < -0.3 is 14.9 Å². The number of aliphatic hydroxyl groups is 2. The summed E-state index contributed by atoms with van der Waals surface area (Å²) in [5.74, 6) is 0.611. The van der Waals surface area contributed by atoms with Crippen LogP contribution in [0.1, 0.15) is 52.9 Å². The molecule has 0 aliphatic heterocycles. The van der Waals surface area contributed by atoms with Crippen molar-refractivity contribution in [1.29, 1.82) is 0 Å². The van der Waals surface area contributed by atoms with Crippen molar-refractivity contribution in [3.05, 3.63) is 0 Å². The predicted octanol–water partition coefficient (Wildman–Crippen LogP) is 2.35. The topological polar surface area (TPSA) is 49.7 Å². The maximum absolute atomic E-state index is 10.4. The van der Waals surface area contributed by atoms with Crippen molar-refractivity contribution in [1.82, 2.24) is 0 Å². The van der Waals surface area contributed by atoms with Gasteiger partial charge in [-0.1, -0.05) is 20.8 Å². The van der Waals surface area contributed by atoms with E-state index in [0.29, 0.717) is 12.3 Å². The van der Waals surface area contributed by atoms with Crippen LogP contribution in [0.5, 0.6) is 0 Å². The normalized spacial score (nSPS) is 55.9. The molecule has 2 bridgehead atoms. The molecule has 0 heterocycles. The highest BCUT2D eigenvalue weighted by atomic mass is 16.5. The highest BCUT2D eigenvalue weighted by molar-refractivity contribution is 5.16. The molecule has 3 saturated carbocycles. The first-order valence-electron chi connectivity index (χ1n) is 7.64. The third-order valence-corrected chi connectivity index (χ3v) is 6.68. The van der Waals surface area contributed by atoms with Crippen LogP contribution in [0.15, 0.2) is 0 Å². The van der Waals surface area contributed by atoms with Crippen LogP contribution < -0.4 is 0 Å². The number of hydrogen-bond acceptors (Lipinski definition) is 3. The largest absolute Gasteiger partial charge is 0.390 e. The molecule has 0 radical (unpaired) electrons. The summed E-state index contributed by atoms with van der Waals surface area (Å²) >= 11 is 0. The van der Waals surface area contributed by atoms with Gasteiger partial charge in [-0.2, -0.15) is 0 Å². The summed E-state index contributed by atoms with van der Waals surface area (Å²) in [6.07, 6.45) is 4.04. The fourth-order valence-corrected chi connectivity index (χ4v) is 5.94. The molecule has 0 unspecified atom stereocenters. The van der Waals surface area contributed by atoms with Gasteiger partial charge in [-0.15, -0.1) is 0 Å². The minimum absolute atomic E-state index is 0.0733. The molecule has 19 heavy (non-hydrogen) atoms. The quantitative estimate of drug-likeness (QED) is 0.767. The Labute approximate surface area is 116 Å². The molecule has 3 aliphatic carbocycles. The zero-order chi connectivity index (χ0) is 14.1. The number of fused-ring (bicyclic) bond motifs is 1. The molecule has 0 aromatic carbocycles. The van der Waals surface area contributed by atoms with E-state index in [1.165, 1.54) is 0 Å². The average molecular weight is 268 g/mol. The fraction of sp³-hybridized carbons (Fsp3) is 1.00. The summed E-state index contributed by atoms with van der Waals surface area (Å²) < 4.78 is 5.83. The second-order valence-electron chi connectivity index (χ2n) is 8.29.